The number of aryl methyl sites for hydroxylation is 2. The lowest BCUT2D eigenvalue weighted by Crippen LogP contribution is -2.43. The molecule has 1 rings (SSSR count). The summed E-state index contributed by atoms with van der Waals surface area (Å²) < 4.78 is 2.04. The minimum absolute atomic E-state index is 0.200. The molecule has 1 heterocycles. The normalized spacial score (nSPS) is 17.8. The average Bonchev–Trinajstić information content (AvgIpc) is 2.69. The van der Waals surface area contributed by atoms with Gasteiger partial charge in [-0.05, 0) is 40.5 Å². The van der Waals surface area contributed by atoms with Gasteiger partial charge in [-0.3, -0.25) is 4.68 Å². The molecule has 0 saturated heterocycles. The van der Waals surface area contributed by atoms with Crippen LogP contribution in [-0.4, -0.2) is 27.0 Å². The number of hydrogen-bond acceptors (Lipinski definition) is 3. The van der Waals surface area contributed by atoms with Crippen LogP contribution < -0.4 is 5.32 Å². The van der Waals surface area contributed by atoms with Crippen molar-refractivity contribution < 1.29 is 5.11 Å². The van der Waals surface area contributed by atoms with E-state index >= 15 is 0 Å². The highest BCUT2D eigenvalue weighted by Crippen LogP contribution is 2.24. The molecule has 4 heteroatoms. The summed E-state index contributed by atoms with van der Waals surface area (Å²) in [6.45, 7) is 16.0. The Morgan fingerprint density at radius 1 is 1.30 bits per heavy atom. The van der Waals surface area contributed by atoms with Gasteiger partial charge in [0.05, 0.1) is 11.3 Å². The van der Waals surface area contributed by atoms with Gasteiger partial charge < -0.3 is 10.4 Å². The molecular weight excluding hydrogens is 250 g/mol. The molecule has 3 atom stereocenters. The predicted molar refractivity (Wildman–Crippen MR) is 83.9 cm³/mol. The van der Waals surface area contributed by atoms with Crippen LogP contribution in [0.3, 0.4) is 0 Å². The molecule has 116 valence electrons. The van der Waals surface area contributed by atoms with Gasteiger partial charge in [-0.1, -0.05) is 20.3 Å². The van der Waals surface area contributed by atoms with Gasteiger partial charge in [0.1, 0.15) is 0 Å². The molecule has 0 aliphatic carbocycles. The van der Waals surface area contributed by atoms with E-state index in [-0.39, 0.29) is 12.0 Å². The van der Waals surface area contributed by atoms with Crippen molar-refractivity contribution in [3.63, 3.8) is 0 Å². The highest BCUT2D eigenvalue weighted by atomic mass is 16.3. The van der Waals surface area contributed by atoms with E-state index in [1.54, 1.807) is 0 Å². The van der Waals surface area contributed by atoms with Crippen LogP contribution in [0.25, 0.3) is 0 Å². The number of nitrogens with one attached hydrogen (secondary N) is 1. The number of nitrogens with zero attached hydrogens (tertiary/aromatic N) is 2. The summed E-state index contributed by atoms with van der Waals surface area (Å²) in [5, 5.41) is 18.5. The molecule has 0 radical (unpaired) electrons. The van der Waals surface area contributed by atoms with Crippen molar-refractivity contribution in [1.29, 1.82) is 0 Å². The molecule has 1 aromatic rings. The van der Waals surface area contributed by atoms with Crippen LogP contribution in [0.15, 0.2) is 0 Å². The van der Waals surface area contributed by atoms with Gasteiger partial charge in [0.15, 0.2) is 0 Å². The number of rotatable bonds is 7. The second-order valence-corrected chi connectivity index (χ2v) is 6.17. The highest BCUT2D eigenvalue weighted by Gasteiger charge is 2.28. The zero-order chi connectivity index (χ0) is 15.5. The lowest BCUT2D eigenvalue weighted by molar-refractivity contribution is 0.00361. The van der Waals surface area contributed by atoms with Crippen LogP contribution in [-0.2, 0) is 6.54 Å². The smallest absolute Gasteiger partial charge is 0.0769 e. The number of aromatic nitrogens is 2. The Morgan fingerprint density at radius 2 is 1.90 bits per heavy atom. The van der Waals surface area contributed by atoms with Crippen molar-refractivity contribution in [2.45, 2.75) is 73.1 Å². The summed E-state index contributed by atoms with van der Waals surface area (Å²) >= 11 is 0. The number of aliphatic hydroxyl groups is 1. The fourth-order valence-electron chi connectivity index (χ4n) is 2.72. The van der Waals surface area contributed by atoms with Gasteiger partial charge in [-0.25, -0.2) is 0 Å². The Kier molecular flexibility index (Phi) is 5.78. The molecule has 0 spiro atoms. The molecule has 0 amide bonds. The van der Waals surface area contributed by atoms with Crippen molar-refractivity contribution in [2.75, 3.05) is 6.54 Å². The maximum absolute atomic E-state index is 10.5. The van der Waals surface area contributed by atoms with Crippen LogP contribution in [0.4, 0.5) is 0 Å². The summed E-state index contributed by atoms with van der Waals surface area (Å²) in [6.07, 6.45) is 0.981. The van der Waals surface area contributed by atoms with E-state index in [2.05, 4.69) is 52.0 Å². The van der Waals surface area contributed by atoms with Crippen LogP contribution in [0.1, 0.15) is 64.0 Å². The first-order chi connectivity index (χ1) is 9.24. The first-order valence-electron chi connectivity index (χ1n) is 7.74. The quantitative estimate of drug-likeness (QED) is 0.808. The molecule has 0 bridgehead atoms. The molecule has 4 nitrogen and oxygen atoms in total. The molecule has 0 aliphatic rings. The first kappa shape index (κ1) is 17.2. The standard InChI is InChI=1S/C16H31N3O/c1-8-11(3)16(7,20)10-17-12(4)15-13(5)18-19(9-2)14(15)6/h11-12,17,20H,8-10H2,1-7H3. The van der Waals surface area contributed by atoms with Crippen LogP contribution in [0.2, 0.25) is 0 Å². The van der Waals surface area contributed by atoms with E-state index in [0.29, 0.717) is 6.54 Å². The largest absolute Gasteiger partial charge is 0.389 e. The maximum atomic E-state index is 10.5. The van der Waals surface area contributed by atoms with E-state index in [4.69, 9.17) is 0 Å². The zero-order valence-electron chi connectivity index (χ0n) is 14.1. The molecule has 0 fully saturated rings. The Bertz CT molecular complexity index is 437. The molecule has 20 heavy (non-hydrogen) atoms. The van der Waals surface area contributed by atoms with Gasteiger partial charge in [0, 0.05) is 30.4 Å². The summed E-state index contributed by atoms with van der Waals surface area (Å²) in [4.78, 5) is 0. The van der Waals surface area contributed by atoms with E-state index in [1.807, 2.05) is 11.6 Å². The van der Waals surface area contributed by atoms with E-state index < -0.39 is 5.60 Å². The van der Waals surface area contributed by atoms with Crippen molar-refractivity contribution in [1.82, 2.24) is 15.1 Å². The Labute approximate surface area is 123 Å². The van der Waals surface area contributed by atoms with Gasteiger partial charge in [-0.15, -0.1) is 0 Å². The first-order valence-corrected chi connectivity index (χ1v) is 7.74. The lowest BCUT2D eigenvalue weighted by atomic mass is 9.88. The van der Waals surface area contributed by atoms with Gasteiger partial charge in [0.2, 0.25) is 0 Å². The summed E-state index contributed by atoms with van der Waals surface area (Å²) in [6, 6.07) is 0.200. The van der Waals surface area contributed by atoms with E-state index in [1.165, 1.54) is 11.3 Å². The van der Waals surface area contributed by atoms with Gasteiger partial charge >= 0.3 is 0 Å². The van der Waals surface area contributed by atoms with Gasteiger partial charge in [-0.2, -0.15) is 5.10 Å². The summed E-state index contributed by atoms with van der Waals surface area (Å²) in [5.41, 5.74) is 2.87. The third kappa shape index (κ3) is 3.61. The molecule has 2 N–H and O–H groups in total. The molecule has 0 saturated carbocycles. The second-order valence-electron chi connectivity index (χ2n) is 6.17. The molecular formula is C16H31N3O. The van der Waals surface area contributed by atoms with Crippen LogP contribution in [0.5, 0.6) is 0 Å². The third-order valence-electron chi connectivity index (χ3n) is 4.61. The number of hydrogen-bond donors (Lipinski definition) is 2. The van der Waals surface area contributed by atoms with Crippen LogP contribution >= 0.6 is 0 Å². The Balaban J connectivity index is 2.77. The second kappa shape index (κ2) is 6.72. The summed E-state index contributed by atoms with van der Waals surface area (Å²) in [5.74, 6) is 0.280. The molecule has 1 aromatic heterocycles. The fraction of sp³-hybridized carbons (Fsp3) is 0.812. The lowest BCUT2D eigenvalue weighted by Gasteiger charge is -2.31. The zero-order valence-corrected chi connectivity index (χ0v) is 14.1. The van der Waals surface area contributed by atoms with Crippen molar-refractivity contribution in [2.24, 2.45) is 5.92 Å². The van der Waals surface area contributed by atoms with Crippen molar-refractivity contribution in [3.8, 4) is 0 Å². The van der Waals surface area contributed by atoms with Crippen molar-refractivity contribution in [3.05, 3.63) is 17.0 Å². The monoisotopic (exact) mass is 281 g/mol. The third-order valence-corrected chi connectivity index (χ3v) is 4.61. The Morgan fingerprint density at radius 3 is 2.35 bits per heavy atom. The van der Waals surface area contributed by atoms with E-state index in [9.17, 15) is 5.11 Å². The van der Waals surface area contributed by atoms with Crippen LogP contribution in [0, 0.1) is 19.8 Å². The minimum atomic E-state index is -0.675. The molecule has 0 aromatic carbocycles. The Hall–Kier alpha value is -0.870. The molecule has 3 unspecified atom stereocenters. The maximum Gasteiger partial charge on any atom is 0.0769 e. The molecule has 0 aliphatic heterocycles. The highest BCUT2D eigenvalue weighted by molar-refractivity contribution is 5.27. The minimum Gasteiger partial charge on any atom is -0.389 e. The fourth-order valence-corrected chi connectivity index (χ4v) is 2.72. The van der Waals surface area contributed by atoms with Crippen molar-refractivity contribution >= 4 is 0 Å². The van der Waals surface area contributed by atoms with E-state index in [0.717, 1.165) is 18.7 Å². The summed E-state index contributed by atoms with van der Waals surface area (Å²) in [7, 11) is 0. The SMILES string of the molecule is CCC(C)C(C)(O)CNC(C)c1c(C)nn(CC)c1C. The van der Waals surface area contributed by atoms with Gasteiger partial charge in [0.25, 0.3) is 0 Å². The predicted octanol–water partition coefficient (Wildman–Crippen LogP) is 2.97. The average molecular weight is 281 g/mol. The topological polar surface area (TPSA) is 50.1 Å².